The first-order chi connectivity index (χ1) is 9.91. The van der Waals surface area contributed by atoms with E-state index in [2.05, 4.69) is 4.74 Å². The Balaban J connectivity index is 2.32. The van der Waals surface area contributed by atoms with Gasteiger partial charge in [0.25, 0.3) is 0 Å². The number of sulfonamides is 1. The van der Waals surface area contributed by atoms with Crippen LogP contribution in [-0.2, 0) is 14.8 Å². The fraction of sp³-hybridized carbons (Fsp3) is 0.500. The third kappa shape index (κ3) is 3.25. The van der Waals surface area contributed by atoms with Gasteiger partial charge in [-0.2, -0.15) is 4.31 Å². The molecule has 1 aromatic carbocycles. The number of hydrogen-bond donors (Lipinski definition) is 1. The Morgan fingerprint density at radius 2 is 2.14 bits per heavy atom. The zero-order chi connectivity index (χ0) is 15.6. The van der Waals surface area contributed by atoms with Gasteiger partial charge >= 0.3 is 5.97 Å². The molecule has 1 aliphatic rings. The van der Waals surface area contributed by atoms with Gasteiger partial charge in [0.05, 0.1) is 17.6 Å². The molecule has 1 saturated carbocycles. The number of nitrogens with two attached hydrogens (primary N) is 1. The van der Waals surface area contributed by atoms with Gasteiger partial charge in [-0.25, -0.2) is 13.2 Å². The molecular weight excluding hydrogens is 292 g/mol. The van der Waals surface area contributed by atoms with E-state index in [1.54, 1.807) is 0 Å². The molecule has 1 fully saturated rings. The second-order valence-electron chi connectivity index (χ2n) is 5.18. The summed E-state index contributed by atoms with van der Waals surface area (Å²) < 4.78 is 31.2. The number of methoxy groups -OCH3 is 1. The molecule has 0 saturated heterocycles. The zero-order valence-corrected chi connectivity index (χ0v) is 13.0. The van der Waals surface area contributed by atoms with Gasteiger partial charge in [-0.05, 0) is 37.0 Å². The maximum atomic E-state index is 12.6. The van der Waals surface area contributed by atoms with Crippen LogP contribution in [0.4, 0.5) is 0 Å². The molecule has 0 spiro atoms. The van der Waals surface area contributed by atoms with E-state index in [4.69, 9.17) is 5.73 Å². The van der Waals surface area contributed by atoms with E-state index in [1.165, 1.54) is 42.7 Å². The molecule has 1 aromatic rings. The first-order valence-corrected chi connectivity index (χ1v) is 8.22. The molecule has 0 amide bonds. The third-order valence-corrected chi connectivity index (χ3v) is 5.69. The van der Waals surface area contributed by atoms with Crippen LogP contribution in [0.15, 0.2) is 29.2 Å². The van der Waals surface area contributed by atoms with Crippen molar-refractivity contribution in [3.05, 3.63) is 29.8 Å². The fourth-order valence-corrected chi connectivity index (χ4v) is 3.84. The SMILES string of the molecule is COC(=O)c1cccc(S(=O)(=O)N(C)C(CN)C2CC2)c1. The number of carbonyl (C=O) groups excluding carboxylic acids is 1. The van der Waals surface area contributed by atoms with Crippen molar-refractivity contribution in [2.24, 2.45) is 11.7 Å². The molecule has 7 heteroatoms. The average Bonchev–Trinajstić information content (AvgIpc) is 3.32. The number of carbonyl (C=O) groups is 1. The summed E-state index contributed by atoms with van der Waals surface area (Å²) in [5.41, 5.74) is 5.92. The minimum Gasteiger partial charge on any atom is -0.465 e. The van der Waals surface area contributed by atoms with E-state index in [9.17, 15) is 13.2 Å². The number of nitrogens with zero attached hydrogens (tertiary/aromatic N) is 1. The van der Waals surface area contributed by atoms with E-state index in [1.807, 2.05) is 0 Å². The summed E-state index contributed by atoms with van der Waals surface area (Å²) in [7, 11) is -0.879. The Morgan fingerprint density at radius 1 is 1.48 bits per heavy atom. The highest BCUT2D eigenvalue weighted by atomic mass is 32.2. The Kier molecular flexibility index (Phi) is 4.65. The molecule has 1 unspecified atom stereocenters. The number of hydrogen-bond acceptors (Lipinski definition) is 5. The highest BCUT2D eigenvalue weighted by molar-refractivity contribution is 7.89. The second-order valence-corrected chi connectivity index (χ2v) is 7.18. The normalized spacial score (nSPS) is 16.8. The van der Waals surface area contributed by atoms with Crippen molar-refractivity contribution >= 4 is 16.0 Å². The quantitative estimate of drug-likeness (QED) is 0.786. The van der Waals surface area contributed by atoms with Crippen LogP contribution in [0.2, 0.25) is 0 Å². The molecule has 6 nitrogen and oxygen atoms in total. The lowest BCUT2D eigenvalue weighted by molar-refractivity contribution is 0.0600. The van der Waals surface area contributed by atoms with E-state index in [0.29, 0.717) is 5.92 Å². The molecule has 2 N–H and O–H groups in total. The maximum Gasteiger partial charge on any atom is 0.337 e. The van der Waals surface area contributed by atoms with Crippen LogP contribution in [0.25, 0.3) is 0 Å². The molecule has 0 radical (unpaired) electrons. The van der Waals surface area contributed by atoms with Gasteiger partial charge < -0.3 is 10.5 Å². The Bertz CT molecular complexity index is 626. The van der Waals surface area contributed by atoms with Crippen molar-refractivity contribution in [2.45, 2.75) is 23.8 Å². The van der Waals surface area contributed by atoms with Crippen LogP contribution in [0, 0.1) is 5.92 Å². The lowest BCUT2D eigenvalue weighted by Crippen LogP contribution is -2.43. The van der Waals surface area contributed by atoms with Crippen LogP contribution in [0.1, 0.15) is 23.2 Å². The van der Waals surface area contributed by atoms with E-state index < -0.39 is 16.0 Å². The number of esters is 1. The molecule has 21 heavy (non-hydrogen) atoms. The van der Waals surface area contributed by atoms with E-state index in [-0.39, 0.29) is 23.0 Å². The summed E-state index contributed by atoms with van der Waals surface area (Å²) in [6.07, 6.45) is 2.01. The van der Waals surface area contributed by atoms with Crippen molar-refractivity contribution in [2.75, 3.05) is 20.7 Å². The van der Waals surface area contributed by atoms with Crippen LogP contribution in [-0.4, -0.2) is 45.4 Å². The van der Waals surface area contributed by atoms with Crippen molar-refractivity contribution in [1.82, 2.24) is 4.31 Å². The molecule has 0 aliphatic heterocycles. The van der Waals surface area contributed by atoms with Gasteiger partial charge in [-0.1, -0.05) is 6.07 Å². The van der Waals surface area contributed by atoms with Crippen LogP contribution in [0.3, 0.4) is 0 Å². The number of ether oxygens (including phenoxy) is 1. The van der Waals surface area contributed by atoms with E-state index >= 15 is 0 Å². The summed E-state index contributed by atoms with van der Waals surface area (Å²) in [4.78, 5) is 11.6. The summed E-state index contributed by atoms with van der Waals surface area (Å²) >= 11 is 0. The zero-order valence-electron chi connectivity index (χ0n) is 12.2. The molecule has 116 valence electrons. The van der Waals surface area contributed by atoms with Crippen LogP contribution in [0.5, 0.6) is 0 Å². The van der Waals surface area contributed by atoms with Crippen molar-refractivity contribution in [3.8, 4) is 0 Å². The summed E-state index contributed by atoms with van der Waals surface area (Å²) in [6.45, 7) is 0.289. The predicted octanol–water partition coefficient (Wildman–Crippen LogP) is 0.831. The van der Waals surface area contributed by atoms with Crippen LogP contribution >= 0.6 is 0 Å². The first kappa shape index (κ1) is 15.9. The smallest absolute Gasteiger partial charge is 0.337 e. The van der Waals surface area contributed by atoms with Crippen molar-refractivity contribution in [1.29, 1.82) is 0 Å². The molecule has 1 aliphatic carbocycles. The minimum absolute atomic E-state index is 0.0759. The summed E-state index contributed by atoms with van der Waals surface area (Å²) in [5, 5.41) is 0. The number of likely N-dealkylation sites (N-methyl/N-ethyl adjacent to an activating group) is 1. The van der Waals surface area contributed by atoms with Gasteiger partial charge in [0.1, 0.15) is 0 Å². The molecule has 2 rings (SSSR count). The largest absolute Gasteiger partial charge is 0.465 e. The number of rotatable bonds is 6. The van der Waals surface area contributed by atoms with Crippen molar-refractivity contribution < 1.29 is 17.9 Å². The Hall–Kier alpha value is -1.44. The topological polar surface area (TPSA) is 89.7 Å². The Labute approximate surface area is 124 Å². The van der Waals surface area contributed by atoms with E-state index in [0.717, 1.165) is 12.8 Å². The summed E-state index contributed by atoms with van der Waals surface area (Å²) in [5.74, 6) is -0.231. The van der Waals surface area contributed by atoms with Gasteiger partial charge in [0.15, 0.2) is 0 Å². The fourth-order valence-electron chi connectivity index (χ4n) is 2.36. The molecule has 0 aromatic heterocycles. The van der Waals surface area contributed by atoms with Crippen molar-refractivity contribution in [3.63, 3.8) is 0 Å². The van der Waals surface area contributed by atoms with Gasteiger partial charge in [-0.15, -0.1) is 0 Å². The van der Waals surface area contributed by atoms with Gasteiger partial charge in [0, 0.05) is 19.6 Å². The average molecular weight is 312 g/mol. The predicted molar refractivity (Wildman–Crippen MR) is 78.3 cm³/mol. The standard InChI is InChI=1S/C14H20N2O4S/c1-16(13(9-15)10-6-7-10)21(18,19)12-5-3-4-11(8-12)14(17)20-2/h3-5,8,10,13H,6-7,9,15H2,1-2H3. The molecule has 0 bridgehead atoms. The highest BCUT2D eigenvalue weighted by Crippen LogP contribution is 2.36. The lowest BCUT2D eigenvalue weighted by Gasteiger charge is -2.26. The minimum atomic E-state index is -3.67. The molecule has 0 heterocycles. The maximum absolute atomic E-state index is 12.6. The van der Waals surface area contributed by atoms with Gasteiger partial charge in [-0.3, -0.25) is 0 Å². The lowest BCUT2D eigenvalue weighted by atomic mass is 10.2. The monoisotopic (exact) mass is 312 g/mol. The second kappa shape index (κ2) is 6.13. The van der Waals surface area contributed by atoms with Crippen LogP contribution < -0.4 is 5.73 Å². The number of benzene rings is 1. The highest BCUT2D eigenvalue weighted by Gasteiger charge is 2.38. The van der Waals surface area contributed by atoms with Gasteiger partial charge in [0.2, 0.25) is 10.0 Å². The Morgan fingerprint density at radius 3 is 2.67 bits per heavy atom. The third-order valence-electron chi connectivity index (χ3n) is 3.81. The molecular formula is C14H20N2O4S. The first-order valence-electron chi connectivity index (χ1n) is 6.78. The molecule has 1 atom stereocenters. The summed E-state index contributed by atoms with van der Waals surface area (Å²) in [6, 6.07) is 5.65.